The fraction of sp³-hybridized carbons (Fsp3) is 0.143. The SMILES string of the molecule is Cc1ccoc1C(=O)C(C#N)c1ccc(F)cc1. The number of halogens is 1. The highest BCUT2D eigenvalue weighted by Crippen LogP contribution is 2.23. The molecule has 18 heavy (non-hydrogen) atoms. The predicted octanol–water partition coefficient (Wildman–Crippen LogP) is 3.22. The van der Waals surface area contributed by atoms with Gasteiger partial charge in [-0.25, -0.2) is 4.39 Å². The first kappa shape index (κ1) is 12.1. The normalized spacial score (nSPS) is 11.8. The molecule has 0 N–H and O–H groups in total. The summed E-state index contributed by atoms with van der Waals surface area (Å²) in [5.74, 6) is -1.62. The minimum absolute atomic E-state index is 0.172. The van der Waals surface area contributed by atoms with Crippen LogP contribution in [0.4, 0.5) is 4.39 Å². The third-order valence-corrected chi connectivity index (χ3v) is 2.68. The topological polar surface area (TPSA) is 54.0 Å². The molecular weight excluding hydrogens is 233 g/mol. The Kier molecular flexibility index (Phi) is 3.24. The van der Waals surface area contributed by atoms with Crippen molar-refractivity contribution in [3.63, 3.8) is 0 Å². The molecular formula is C14H10FNO2. The molecule has 2 aromatic rings. The molecule has 0 amide bonds. The van der Waals surface area contributed by atoms with Gasteiger partial charge in [0.1, 0.15) is 11.7 Å². The quantitative estimate of drug-likeness (QED) is 0.778. The molecule has 1 unspecified atom stereocenters. The fourth-order valence-electron chi connectivity index (χ4n) is 1.70. The lowest BCUT2D eigenvalue weighted by molar-refractivity contribution is 0.0951. The van der Waals surface area contributed by atoms with Crippen molar-refractivity contribution < 1.29 is 13.6 Å². The molecule has 0 spiro atoms. The summed E-state index contributed by atoms with van der Waals surface area (Å²) in [6.45, 7) is 1.73. The zero-order valence-corrected chi connectivity index (χ0v) is 9.68. The van der Waals surface area contributed by atoms with Crippen molar-refractivity contribution in [3.8, 4) is 6.07 Å². The Hall–Kier alpha value is -2.41. The van der Waals surface area contributed by atoms with Gasteiger partial charge in [0.25, 0.3) is 0 Å². The van der Waals surface area contributed by atoms with Crippen molar-refractivity contribution in [2.45, 2.75) is 12.8 Å². The van der Waals surface area contributed by atoms with E-state index in [0.717, 1.165) is 0 Å². The lowest BCUT2D eigenvalue weighted by Crippen LogP contribution is -2.11. The molecule has 0 fully saturated rings. The Morgan fingerprint density at radius 3 is 2.50 bits per heavy atom. The van der Waals surface area contributed by atoms with Gasteiger partial charge in [-0.1, -0.05) is 12.1 Å². The van der Waals surface area contributed by atoms with Crippen molar-refractivity contribution in [2.75, 3.05) is 0 Å². The average Bonchev–Trinajstić information content (AvgIpc) is 2.78. The van der Waals surface area contributed by atoms with Gasteiger partial charge in [-0.05, 0) is 36.2 Å². The first-order valence-electron chi connectivity index (χ1n) is 5.37. The largest absolute Gasteiger partial charge is 0.461 e. The third-order valence-electron chi connectivity index (χ3n) is 2.68. The highest BCUT2D eigenvalue weighted by molar-refractivity contribution is 6.01. The monoisotopic (exact) mass is 243 g/mol. The summed E-state index contributed by atoms with van der Waals surface area (Å²) >= 11 is 0. The minimum atomic E-state index is -0.976. The molecule has 0 radical (unpaired) electrons. The number of benzene rings is 1. The number of nitrogens with zero attached hydrogens (tertiary/aromatic N) is 1. The predicted molar refractivity (Wildman–Crippen MR) is 62.5 cm³/mol. The molecule has 3 nitrogen and oxygen atoms in total. The summed E-state index contributed by atoms with van der Waals surface area (Å²) in [7, 11) is 0. The summed E-state index contributed by atoms with van der Waals surface area (Å²) in [6, 6.07) is 8.89. The van der Waals surface area contributed by atoms with Crippen LogP contribution in [0, 0.1) is 24.1 Å². The molecule has 1 heterocycles. The number of hydrogen-bond acceptors (Lipinski definition) is 3. The van der Waals surface area contributed by atoms with Crippen molar-refractivity contribution in [3.05, 3.63) is 59.3 Å². The van der Waals surface area contributed by atoms with Gasteiger partial charge in [0.2, 0.25) is 5.78 Å². The maximum Gasteiger partial charge on any atom is 0.219 e. The summed E-state index contributed by atoms with van der Waals surface area (Å²) in [6.07, 6.45) is 1.40. The van der Waals surface area contributed by atoms with Crippen LogP contribution in [-0.2, 0) is 0 Å². The second-order valence-electron chi connectivity index (χ2n) is 3.91. The number of furan rings is 1. The standard InChI is InChI=1S/C14H10FNO2/c1-9-6-7-18-14(9)13(17)12(8-16)10-2-4-11(15)5-3-10/h2-7,12H,1H3. The molecule has 1 atom stereocenters. The summed E-state index contributed by atoms with van der Waals surface area (Å²) in [4.78, 5) is 12.1. The van der Waals surface area contributed by atoms with Crippen LogP contribution >= 0.6 is 0 Å². The van der Waals surface area contributed by atoms with Crippen LogP contribution in [0.25, 0.3) is 0 Å². The molecule has 0 aliphatic carbocycles. The van der Waals surface area contributed by atoms with Crippen LogP contribution < -0.4 is 0 Å². The lowest BCUT2D eigenvalue weighted by atomic mass is 9.94. The summed E-state index contributed by atoms with van der Waals surface area (Å²) in [5.41, 5.74) is 1.14. The van der Waals surface area contributed by atoms with Gasteiger partial charge in [-0.3, -0.25) is 4.79 Å². The van der Waals surface area contributed by atoms with Crippen LogP contribution in [0.1, 0.15) is 27.6 Å². The number of ketones is 1. The second-order valence-corrected chi connectivity index (χ2v) is 3.91. The van der Waals surface area contributed by atoms with E-state index in [1.165, 1.54) is 30.5 Å². The van der Waals surface area contributed by atoms with Gasteiger partial charge in [-0.15, -0.1) is 0 Å². The molecule has 0 aliphatic heterocycles. The minimum Gasteiger partial charge on any atom is -0.461 e. The van der Waals surface area contributed by atoms with Gasteiger partial charge in [0, 0.05) is 0 Å². The summed E-state index contributed by atoms with van der Waals surface area (Å²) < 4.78 is 17.9. The van der Waals surface area contributed by atoms with Gasteiger partial charge in [0.05, 0.1) is 12.3 Å². The maximum absolute atomic E-state index is 12.8. The first-order valence-corrected chi connectivity index (χ1v) is 5.37. The van der Waals surface area contributed by atoms with E-state index in [0.29, 0.717) is 11.1 Å². The molecule has 0 bridgehead atoms. The smallest absolute Gasteiger partial charge is 0.219 e. The fourth-order valence-corrected chi connectivity index (χ4v) is 1.70. The Labute approximate surface area is 103 Å². The van der Waals surface area contributed by atoms with Crippen LogP contribution in [0.15, 0.2) is 41.0 Å². The molecule has 2 rings (SSSR count). The van der Waals surface area contributed by atoms with E-state index in [9.17, 15) is 9.18 Å². The number of carbonyl (C=O) groups excluding carboxylic acids is 1. The molecule has 1 aromatic carbocycles. The third kappa shape index (κ3) is 2.16. The average molecular weight is 243 g/mol. The van der Waals surface area contributed by atoms with Crippen molar-refractivity contribution in [2.24, 2.45) is 0 Å². The van der Waals surface area contributed by atoms with Gasteiger partial charge in [0.15, 0.2) is 5.76 Å². The Morgan fingerprint density at radius 2 is 2.00 bits per heavy atom. The van der Waals surface area contributed by atoms with E-state index in [-0.39, 0.29) is 5.76 Å². The van der Waals surface area contributed by atoms with Crippen LogP contribution in [0.5, 0.6) is 0 Å². The van der Waals surface area contributed by atoms with Crippen LogP contribution in [-0.4, -0.2) is 5.78 Å². The molecule has 0 saturated carbocycles. The van der Waals surface area contributed by atoms with Crippen LogP contribution in [0.3, 0.4) is 0 Å². The van der Waals surface area contributed by atoms with E-state index in [1.54, 1.807) is 13.0 Å². The van der Waals surface area contributed by atoms with E-state index in [4.69, 9.17) is 9.68 Å². The van der Waals surface area contributed by atoms with Crippen LogP contribution in [0.2, 0.25) is 0 Å². The lowest BCUT2D eigenvalue weighted by Gasteiger charge is -2.07. The van der Waals surface area contributed by atoms with E-state index in [2.05, 4.69) is 0 Å². The Morgan fingerprint density at radius 1 is 1.33 bits per heavy atom. The first-order chi connectivity index (χ1) is 8.63. The Bertz CT molecular complexity index is 607. The number of rotatable bonds is 3. The van der Waals surface area contributed by atoms with Crippen molar-refractivity contribution in [1.82, 2.24) is 0 Å². The number of carbonyl (C=O) groups is 1. The van der Waals surface area contributed by atoms with Crippen molar-refractivity contribution >= 4 is 5.78 Å². The van der Waals surface area contributed by atoms with Gasteiger partial charge >= 0.3 is 0 Å². The zero-order chi connectivity index (χ0) is 13.1. The Balaban J connectivity index is 2.36. The highest BCUT2D eigenvalue weighted by Gasteiger charge is 2.25. The highest BCUT2D eigenvalue weighted by atomic mass is 19.1. The molecule has 0 saturated heterocycles. The number of hydrogen-bond donors (Lipinski definition) is 0. The maximum atomic E-state index is 12.8. The zero-order valence-electron chi connectivity index (χ0n) is 9.68. The summed E-state index contributed by atoms with van der Waals surface area (Å²) in [5, 5.41) is 9.10. The van der Waals surface area contributed by atoms with E-state index < -0.39 is 17.5 Å². The molecule has 4 heteroatoms. The van der Waals surface area contributed by atoms with E-state index in [1.807, 2.05) is 6.07 Å². The van der Waals surface area contributed by atoms with E-state index >= 15 is 0 Å². The van der Waals surface area contributed by atoms with Gasteiger partial charge < -0.3 is 4.42 Å². The number of aryl methyl sites for hydroxylation is 1. The molecule has 1 aromatic heterocycles. The number of Topliss-reactive ketones (excluding diaryl/α,β-unsaturated/α-hetero) is 1. The molecule has 90 valence electrons. The molecule has 0 aliphatic rings. The van der Waals surface area contributed by atoms with Gasteiger partial charge in [-0.2, -0.15) is 5.26 Å². The number of nitriles is 1. The second kappa shape index (κ2) is 4.84. The van der Waals surface area contributed by atoms with Crippen molar-refractivity contribution in [1.29, 1.82) is 5.26 Å².